The molecule has 2 atom stereocenters. The van der Waals surface area contributed by atoms with Gasteiger partial charge in [-0.2, -0.15) is 4.72 Å². The summed E-state index contributed by atoms with van der Waals surface area (Å²) in [5, 5.41) is 13.1. The molecule has 4 aromatic rings. The highest BCUT2D eigenvalue weighted by molar-refractivity contribution is 7.89. The van der Waals surface area contributed by atoms with Crippen LogP contribution in [0.5, 0.6) is 0 Å². The Kier molecular flexibility index (Phi) is 7.02. The third kappa shape index (κ3) is 5.59. The number of aromatic amines is 1. The second-order valence-electron chi connectivity index (χ2n) is 9.16. The normalized spacial score (nSPS) is 15.3. The van der Waals surface area contributed by atoms with Crippen molar-refractivity contribution < 1.29 is 31.9 Å². The Hall–Kier alpha value is -4.35. The van der Waals surface area contributed by atoms with Gasteiger partial charge in [0.1, 0.15) is 17.7 Å². The van der Waals surface area contributed by atoms with E-state index in [1.54, 1.807) is 6.07 Å². The SMILES string of the molecule is O=C(Cc1c(F)ccc2c1C=CC2NS(=O)(=O)c1ccc(F)cc1)N[C@H](Cc1cc2ccccc2[nH]1)C(=O)O. The number of carbonyl (C=O) groups excluding carboxylic acids is 1. The number of carbonyl (C=O) groups is 2. The molecule has 0 saturated heterocycles. The van der Waals surface area contributed by atoms with Crippen LogP contribution in [0, 0.1) is 11.6 Å². The first-order chi connectivity index (χ1) is 18.6. The zero-order chi connectivity index (χ0) is 27.7. The van der Waals surface area contributed by atoms with Crippen molar-refractivity contribution in [1.82, 2.24) is 15.0 Å². The highest BCUT2D eigenvalue weighted by Crippen LogP contribution is 2.33. The van der Waals surface area contributed by atoms with Crippen LogP contribution in [0.4, 0.5) is 8.78 Å². The van der Waals surface area contributed by atoms with Gasteiger partial charge < -0.3 is 15.4 Å². The quantitative estimate of drug-likeness (QED) is 0.251. The number of aliphatic carboxylic acids is 1. The molecule has 1 aliphatic carbocycles. The molecule has 1 heterocycles. The topological polar surface area (TPSA) is 128 Å². The van der Waals surface area contributed by atoms with E-state index < -0.39 is 52.0 Å². The number of hydrogen-bond acceptors (Lipinski definition) is 4. The molecule has 1 aliphatic rings. The third-order valence-electron chi connectivity index (χ3n) is 6.51. The van der Waals surface area contributed by atoms with Crippen LogP contribution >= 0.6 is 0 Å². The number of halogens is 2. The number of H-pyrrole nitrogens is 1. The molecule has 5 rings (SSSR count). The maximum Gasteiger partial charge on any atom is 0.326 e. The molecule has 4 N–H and O–H groups in total. The van der Waals surface area contributed by atoms with Crippen molar-refractivity contribution >= 4 is 38.9 Å². The van der Waals surface area contributed by atoms with Gasteiger partial charge in [0.15, 0.2) is 0 Å². The number of para-hydroxylation sites is 1. The predicted molar refractivity (Wildman–Crippen MR) is 140 cm³/mol. The zero-order valence-electron chi connectivity index (χ0n) is 20.3. The van der Waals surface area contributed by atoms with Crippen molar-refractivity contribution in [1.29, 1.82) is 0 Å². The van der Waals surface area contributed by atoms with Crippen LogP contribution in [-0.2, 0) is 32.5 Å². The van der Waals surface area contributed by atoms with Crippen molar-refractivity contribution in [2.24, 2.45) is 0 Å². The van der Waals surface area contributed by atoms with Gasteiger partial charge in [-0.1, -0.05) is 36.4 Å². The molecule has 1 amide bonds. The summed E-state index contributed by atoms with van der Waals surface area (Å²) < 4.78 is 56.1. The Bertz CT molecular complexity index is 1680. The van der Waals surface area contributed by atoms with Gasteiger partial charge in [0, 0.05) is 23.2 Å². The summed E-state index contributed by atoms with van der Waals surface area (Å²) in [6.07, 6.45) is 2.58. The smallest absolute Gasteiger partial charge is 0.326 e. The molecule has 1 aromatic heterocycles. The predicted octanol–water partition coefficient (Wildman–Crippen LogP) is 3.85. The maximum atomic E-state index is 14.8. The summed E-state index contributed by atoms with van der Waals surface area (Å²) in [6.45, 7) is 0. The molecular formula is C28H23F2N3O5S. The minimum atomic E-state index is -4.02. The van der Waals surface area contributed by atoms with Crippen molar-refractivity contribution in [2.75, 3.05) is 0 Å². The van der Waals surface area contributed by atoms with Crippen LogP contribution in [0.15, 0.2) is 77.7 Å². The molecule has 0 fully saturated rings. The van der Waals surface area contributed by atoms with Gasteiger partial charge in [0.25, 0.3) is 0 Å². The first-order valence-corrected chi connectivity index (χ1v) is 13.5. The van der Waals surface area contributed by atoms with Gasteiger partial charge >= 0.3 is 5.97 Å². The summed E-state index contributed by atoms with van der Waals surface area (Å²) in [5.74, 6) is -3.20. The molecule has 8 nitrogen and oxygen atoms in total. The molecule has 1 unspecified atom stereocenters. The first kappa shape index (κ1) is 26.3. The molecule has 11 heteroatoms. The Labute approximate surface area is 222 Å². The first-order valence-electron chi connectivity index (χ1n) is 12.0. The fraction of sp³-hybridized carbons (Fsp3) is 0.143. The number of aromatic nitrogens is 1. The molecule has 0 spiro atoms. The number of carboxylic acids is 1. The van der Waals surface area contributed by atoms with E-state index in [0.29, 0.717) is 16.8 Å². The van der Waals surface area contributed by atoms with Gasteiger partial charge in [-0.05, 0) is 59.0 Å². The Morgan fingerprint density at radius 2 is 1.77 bits per heavy atom. The van der Waals surface area contributed by atoms with Crippen LogP contribution < -0.4 is 10.0 Å². The molecule has 200 valence electrons. The number of benzene rings is 3. The number of fused-ring (bicyclic) bond motifs is 2. The fourth-order valence-electron chi connectivity index (χ4n) is 4.62. The maximum absolute atomic E-state index is 14.8. The summed E-state index contributed by atoms with van der Waals surface area (Å²) in [6, 6.07) is 14.0. The zero-order valence-corrected chi connectivity index (χ0v) is 21.1. The van der Waals surface area contributed by atoms with Crippen LogP contribution in [0.1, 0.15) is 28.4 Å². The molecule has 0 radical (unpaired) electrons. The lowest BCUT2D eigenvalue weighted by atomic mass is 9.98. The lowest BCUT2D eigenvalue weighted by Gasteiger charge is -2.17. The third-order valence-corrected chi connectivity index (χ3v) is 7.97. The second kappa shape index (κ2) is 10.4. The molecular weight excluding hydrogens is 528 g/mol. The summed E-state index contributed by atoms with van der Waals surface area (Å²) in [4.78, 5) is 27.7. The average Bonchev–Trinajstić information content (AvgIpc) is 3.48. The van der Waals surface area contributed by atoms with Crippen molar-refractivity contribution in [3.63, 3.8) is 0 Å². The monoisotopic (exact) mass is 551 g/mol. The Morgan fingerprint density at radius 3 is 2.49 bits per heavy atom. The number of carboxylic acid groups (broad SMARTS) is 1. The highest BCUT2D eigenvalue weighted by atomic mass is 32.2. The lowest BCUT2D eigenvalue weighted by Crippen LogP contribution is -2.43. The van der Waals surface area contributed by atoms with Crippen molar-refractivity contribution in [3.05, 3.63) is 107 Å². The van der Waals surface area contributed by atoms with E-state index in [4.69, 9.17) is 0 Å². The number of rotatable bonds is 9. The lowest BCUT2D eigenvalue weighted by molar-refractivity contribution is -0.141. The number of amides is 1. The van der Waals surface area contributed by atoms with E-state index >= 15 is 0 Å². The van der Waals surface area contributed by atoms with E-state index in [1.807, 2.05) is 24.3 Å². The second-order valence-corrected chi connectivity index (χ2v) is 10.9. The van der Waals surface area contributed by atoms with E-state index in [9.17, 15) is 31.9 Å². The summed E-state index contributed by atoms with van der Waals surface area (Å²) >= 11 is 0. The minimum absolute atomic E-state index is 0.00171. The summed E-state index contributed by atoms with van der Waals surface area (Å²) in [7, 11) is -4.02. The van der Waals surface area contributed by atoms with Crippen LogP contribution in [0.3, 0.4) is 0 Å². The van der Waals surface area contributed by atoms with Gasteiger partial charge in [0.05, 0.1) is 17.4 Å². The molecule has 0 saturated carbocycles. The van der Waals surface area contributed by atoms with E-state index in [2.05, 4.69) is 15.0 Å². The largest absolute Gasteiger partial charge is 0.480 e. The van der Waals surface area contributed by atoms with E-state index in [1.165, 1.54) is 18.2 Å². The average molecular weight is 552 g/mol. The van der Waals surface area contributed by atoms with Gasteiger partial charge in [0.2, 0.25) is 15.9 Å². The van der Waals surface area contributed by atoms with Gasteiger partial charge in [-0.25, -0.2) is 22.0 Å². The van der Waals surface area contributed by atoms with Gasteiger partial charge in [-0.15, -0.1) is 0 Å². The standard InChI is InChI=1S/C28H23F2N3O5S/c29-17-5-7-19(8-6-17)39(37,38)33-25-12-10-20-21(25)9-11-23(30)22(20)15-27(34)32-26(28(35)36)14-18-13-16-3-1-2-4-24(16)31-18/h1-13,25-26,31,33H,14-15H2,(H,32,34)(H,35,36)/t25?,26-/m1/s1. The molecule has 3 aromatic carbocycles. The highest BCUT2D eigenvalue weighted by Gasteiger charge is 2.28. The molecule has 0 bridgehead atoms. The van der Waals surface area contributed by atoms with E-state index in [0.717, 1.165) is 41.2 Å². The van der Waals surface area contributed by atoms with Crippen molar-refractivity contribution in [3.8, 4) is 0 Å². The minimum Gasteiger partial charge on any atom is -0.480 e. The number of nitrogens with one attached hydrogen (secondary N) is 3. The molecule has 0 aliphatic heterocycles. The summed E-state index contributed by atoms with van der Waals surface area (Å²) in [5.41, 5.74) is 2.23. The van der Waals surface area contributed by atoms with Crippen LogP contribution in [0.2, 0.25) is 0 Å². The van der Waals surface area contributed by atoms with E-state index in [-0.39, 0.29) is 16.9 Å². The van der Waals surface area contributed by atoms with Crippen LogP contribution in [-0.4, -0.2) is 36.4 Å². The number of sulfonamides is 1. The Balaban J connectivity index is 1.31. The van der Waals surface area contributed by atoms with Crippen LogP contribution in [0.25, 0.3) is 17.0 Å². The van der Waals surface area contributed by atoms with Crippen molar-refractivity contribution in [2.45, 2.75) is 29.8 Å². The fourth-order valence-corrected chi connectivity index (χ4v) is 5.79. The molecule has 39 heavy (non-hydrogen) atoms. The Morgan fingerprint density at radius 1 is 1.03 bits per heavy atom. The number of hydrogen-bond donors (Lipinski definition) is 4. The van der Waals surface area contributed by atoms with Gasteiger partial charge in [-0.3, -0.25) is 4.79 Å².